The van der Waals surface area contributed by atoms with E-state index in [1.165, 1.54) is 0 Å². The molecule has 4 rings (SSSR count). The van der Waals surface area contributed by atoms with Crippen molar-refractivity contribution in [1.82, 2.24) is 15.5 Å². The third-order valence-electron chi connectivity index (χ3n) is 5.61. The Kier molecular flexibility index (Phi) is 5.63. The first-order chi connectivity index (χ1) is 14.9. The van der Waals surface area contributed by atoms with Gasteiger partial charge in [0.05, 0.1) is 6.42 Å². The number of carbonyl (C=O) groups is 3. The van der Waals surface area contributed by atoms with Crippen LogP contribution in [0, 0.1) is 11.8 Å². The molecule has 2 aliphatic heterocycles. The molecule has 158 valence electrons. The van der Waals surface area contributed by atoms with Crippen molar-refractivity contribution in [2.75, 3.05) is 31.1 Å². The van der Waals surface area contributed by atoms with Crippen LogP contribution < -0.4 is 15.5 Å². The minimum Gasteiger partial charge on any atom is -0.368 e. The lowest BCUT2D eigenvalue weighted by atomic mass is 9.97. The van der Waals surface area contributed by atoms with Gasteiger partial charge < -0.3 is 15.1 Å². The average molecular weight is 416 g/mol. The van der Waals surface area contributed by atoms with Crippen LogP contribution >= 0.6 is 0 Å². The summed E-state index contributed by atoms with van der Waals surface area (Å²) in [5, 5.41) is 4.73. The van der Waals surface area contributed by atoms with Gasteiger partial charge in [-0.3, -0.25) is 14.9 Å². The minimum atomic E-state index is -1.18. The van der Waals surface area contributed by atoms with Crippen molar-refractivity contribution < 1.29 is 14.4 Å². The van der Waals surface area contributed by atoms with Crippen LogP contribution in [0.5, 0.6) is 0 Å². The predicted octanol–water partition coefficient (Wildman–Crippen LogP) is 1.72. The molecule has 7 heteroatoms. The number of benzene rings is 2. The monoisotopic (exact) mass is 416 g/mol. The zero-order valence-electron chi connectivity index (χ0n) is 17.4. The van der Waals surface area contributed by atoms with E-state index >= 15 is 0 Å². The van der Waals surface area contributed by atoms with Gasteiger partial charge in [-0.1, -0.05) is 30.0 Å². The first-order valence-corrected chi connectivity index (χ1v) is 10.3. The van der Waals surface area contributed by atoms with Gasteiger partial charge in [0.1, 0.15) is 5.54 Å². The number of nitrogens with zero attached hydrogens (tertiary/aromatic N) is 2. The van der Waals surface area contributed by atoms with Gasteiger partial charge in [-0.25, -0.2) is 4.79 Å². The number of rotatable bonds is 3. The average Bonchev–Trinajstić information content (AvgIpc) is 3.04. The molecule has 0 radical (unpaired) electrons. The Bertz CT molecular complexity index is 1050. The summed E-state index contributed by atoms with van der Waals surface area (Å²) in [7, 11) is 0. The molecule has 4 amide bonds. The highest BCUT2D eigenvalue weighted by atomic mass is 16.2. The number of urea groups is 1. The fourth-order valence-electron chi connectivity index (χ4n) is 3.75. The molecule has 7 nitrogen and oxygen atoms in total. The molecule has 1 unspecified atom stereocenters. The van der Waals surface area contributed by atoms with E-state index < -0.39 is 17.5 Å². The maximum Gasteiger partial charge on any atom is 0.322 e. The van der Waals surface area contributed by atoms with Crippen LogP contribution in [0.15, 0.2) is 54.6 Å². The first-order valence-electron chi connectivity index (χ1n) is 10.3. The van der Waals surface area contributed by atoms with Gasteiger partial charge in [-0.15, -0.1) is 0 Å². The fraction of sp³-hybridized carbons (Fsp3) is 0.292. The lowest BCUT2D eigenvalue weighted by molar-refractivity contribution is -0.136. The van der Waals surface area contributed by atoms with E-state index in [9.17, 15) is 14.4 Å². The molecule has 0 aromatic heterocycles. The standard InChI is InChI=1S/C24H24N4O3/c1-24(22(30)25-23(31)26-24)17-21(29)28-15-13-27(14-16-28)20-11-9-19(10-12-20)8-7-18-5-3-2-4-6-18/h2-6,9-12H,13-17H2,1H3,(H2,25,26,30,31). The number of hydrogen-bond donors (Lipinski definition) is 2. The van der Waals surface area contributed by atoms with Gasteiger partial charge in [0.15, 0.2) is 0 Å². The van der Waals surface area contributed by atoms with Crippen LogP contribution in [0.3, 0.4) is 0 Å². The summed E-state index contributed by atoms with van der Waals surface area (Å²) in [6.45, 7) is 4.12. The highest BCUT2D eigenvalue weighted by Crippen LogP contribution is 2.20. The molecule has 2 aliphatic rings. The molecule has 0 saturated carbocycles. The summed E-state index contributed by atoms with van der Waals surface area (Å²) in [5.74, 6) is 5.74. The minimum absolute atomic E-state index is 0.0423. The van der Waals surface area contributed by atoms with Crippen LogP contribution in [0.1, 0.15) is 24.5 Å². The normalized spacial score (nSPS) is 20.5. The van der Waals surface area contributed by atoms with Crippen LogP contribution in [0.2, 0.25) is 0 Å². The van der Waals surface area contributed by atoms with Crippen molar-refractivity contribution in [3.63, 3.8) is 0 Å². The molecular weight excluding hydrogens is 392 g/mol. The predicted molar refractivity (Wildman–Crippen MR) is 117 cm³/mol. The van der Waals surface area contributed by atoms with Gasteiger partial charge in [-0.05, 0) is 43.3 Å². The van der Waals surface area contributed by atoms with Crippen LogP contribution in [-0.4, -0.2) is 54.5 Å². The Labute approximate surface area is 181 Å². The highest BCUT2D eigenvalue weighted by Gasteiger charge is 2.44. The fourth-order valence-corrected chi connectivity index (χ4v) is 3.75. The largest absolute Gasteiger partial charge is 0.368 e. The summed E-state index contributed by atoms with van der Waals surface area (Å²) in [5.41, 5.74) is 1.84. The van der Waals surface area contributed by atoms with Gasteiger partial charge >= 0.3 is 6.03 Å². The molecule has 2 saturated heterocycles. The molecule has 2 aromatic rings. The summed E-state index contributed by atoms with van der Waals surface area (Å²) in [6.07, 6.45) is -0.0423. The van der Waals surface area contributed by atoms with Crippen molar-refractivity contribution in [2.45, 2.75) is 18.9 Å². The first kappa shape index (κ1) is 20.5. The van der Waals surface area contributed by atoms with Gasteiger partial charge in [0.2, 0.25) is 5.91 Å². The molecular formula is C24H24N4O3. The van der Waals surface area contributed by atoms with E-state index in [0.29, 0.717) is 26.2 Å². The summed E-state index contributed by atoms with van der Waals surface area (Å²) in [4.78, 5) is 39.9. The Hall–Kier alpha value is -3.79. The third kappa shape index (κ3) is 4.69. The molecule has 1 atom stereocenters. The van der Waals surface area contributed by atoms with Gasteiger partial charge in [-0.2, -0.15) is 0 Å². The lowest BCUT2D eigenvalue weighted by Crippen LogP contribution is -2.53. The molecule has 2 aromatic carbocycles. The second-order valence-electron chi connectivity index (χ2n) is 7.95. The Morgan fingerprint density at radius 2 is 1.55 bits per heavy atom. The number of anilines is 1. The molecule has 0 bridgehead atoms. The Balaban J connectivity index is 1.31. The molecule has 2 fully saturated rings. The number of nitrogens with one attached hydrogen (secondary N) is 2. The SMILES string of the molecule is CC1(CC(=O)N2CCN(c3ccc(C#Cc4ccccc4)cc3)CC2)NC(=O)NC1=O. The van der Waals surface area contributed by atoms with E-state index in [1.54, 1.807) is 11.8 Å². The second-order valence-corrected chi connectivity index (χ2v) is 7.95. The van der Waals surface area contributed by atoms with Crippen molar-refractivity contribution in [2.24, 2.45) is 0 Å². The van der Waals surface area contributed by atoms with Crippen molar-refractivity contribution >= 4 is 23.5 Å². The summed E-state index contributed by atoms with van der Waals surface area (Å²) >= 11 is 0. The maximum atomic E-state index is 12.6. The smallest absolute Gasteiger partial charge is 0.322 e. The molecule has 31 heavy (non-hydrogen) atoms. The Morgan fingerprint density at radius 1 is 0.935 bits per heavy atom. The maximum absolute atomic E-state index is 12.6. The van der Waals surface area contributed by atoms with Crippen molar-refractivity contribution in [1.29, 1.82) is 0 Å². The molecule has 0 spiro atoms. The number of carbonyl (C=O) groups excluding carboxylic acids is 3. The molecule has 2 N–H and O–H groups in total. The van der Waals surface area contributed by atoms with Crippen LogP contribution in [0.4, 0.5) is 10.5 Å². The van der Waals surface area contributed by atoms with Gasteiger partial charge in [0, 0.05) is 43.0 Å². The second kappa shape index (κ2) is 8.52. The third-order valence-corrected chi connectivity index (χ3v) is 5.61. The number of amides is 4. The molecule has 2 heterocycles. The molecule has 0 aliphatic carbocycles. The van der Waals surface area contributed by atoms with Crippen LogP contribution in [0.25, 0.3) is 0 Å². The van der Waals surface area contributed by atoms with E-state index in [0.717, 1.165) is 16.8 Å². The van der Waals surface area contributed by atoms with Crippen molar-refractivity contribution in [3.05, 3.63) is 65.7 Å². The zero-order valence-corrected chi connectivity index (χ0v) is 17.4. The lowest BCUT2D eigenvalue weighted by Gasteiger charge is -2.37. The van der Waals surface area contributed by atoms with Crippen molar-refractivity contribution in [3.8, 4) is 11.8 Å². The number of hydrogen-bond acceptors (Lipinski definition) is 4. The topological polar surface area (TPSA) is 81.8 Å². The zero-order chi connectivity index (χ0) is 21.8. The Morgan fingerprint density at radius 3 is 2.13 bits per heavy atom. The van der Waals surface area contributed by atoms with E-state index in [-0.39, 0.29) is 12.3 Å². The van der Waals surface area contributed by atoms with Gasteiger partial charge in [0.25, 0.3) is 5.91 Å². The van der Waals surface area contributed by atoms with E-state index in [1.807, 2.05) is 54.6 Å². The number of piperazine rings is 1. The quantitative estimate of drug-likeness (QED) is 0.590. The summed E-state index contributed by atoms with van der Waals surface area (Å²) < 4.78 is 0. The number of imide groups is 1. The summed E-state index contributed by atoms with van der Waals surface area (Å²) in [6, 6.07) is 17.4. The van der Waals surface area contributed by atoms with E-state index in [2.05, 4.69) is 27.4 Å². The highest BCUT2D eigenvalue weighted by molar-refractivity contribution is 6.08. The van der Waals surface area contributed by atoms with E-state index in [4.69, 9.17) is 0 Å². The van der Waals surface area contributed by atoms with Crippen LogP contribution in [-0.2, 0) is 9.59 Å².